The third-order valence-corrected chi connectivity index (χ3v) is 4.18. The van der Waals surface area contributed by atoms with Crippen molar-refractivity contribution in [2.45, 2.75) is 52.5 Å². The molecule has 0 aliphatic carbocycles. The van der Waals surface area contributed by atoms with Crippen LogP contribution in [0.1, 0.15) is 46.1 Å². The summed E-state index contributed by atoms with van der Waals surface area (Å²) in [6, 6.07) is 8.51. The van der Waals surface area contributed by atoms with Gasteiger partial charge in [0.15, 0.2) is 0 Å². The SMILES string of the molecule is CCCOCCC(CNC(C)(C)C)Cc1ccccc1Br. The minimum atomic E-state index is 0.163. The van der Waals surface area contributed by atoms with Crippen molar-refractivity contribution in [2.24, 2.45) is 5.92 Å². The molecule has 1 N–H and O–H groups in total. The van der Waals surface area contributed by atoms with Crippen molar-refractivity contribution in [3.63, 3.8) is 0 Å². The monoisotopic (exact) mass is 355 g/mol. The Hall–Kier alpha value is -0.380. The maximum atomic E-state index is 5.67. The molecular formula is C18H30BrNO. The molecule has 3 heteroatoms. The molecule has 0 spiro atoms. The van der Waals surface area contributed by atoms with Gasteiger partial charge in [-0.25, -0.2) is 0 Å². The normalized spacial score (nSPS) is 13.4. The summed E-state index contributed by atoms with van der Waals surface area (Å²) in [5.74, 6) is 0.597. The molecule has 0 heterocycles. The molecule has 2 nitrogen and oxygen atoms in total. The number of ether oxygens (including phenoxy) is 1. The number of hydrogen-bond donors (Lipinski definition) is 1. The first kappa shape index (κ1) is 18.7. The molecule has 0 bridgehead atoms. The van der Waals surface area contributed by atoms with Crippen LogP contribution in [0.15, 0.2) is 28.7 Å². The molecule has 0 aliphatic heterocycles. The number of hydrogen-bond acceptors (Lipinski definition) is 2. The van der Waals surface area contributed by atoms with Crippen LogP contribution in [0.4, 0.5) is 0 Å². The van der Waals surface area contributed by atoms with Crippen LogP contribution < -0.4 is 5.32 Å². The summed E-state index contributed by atoms with van der Waals surface area (Å²) < 4.78 is 6.88. The third-order valence-electron chi connectivity index (χ3n) is 3.41. The van der Waals surface area contributed by atoms with E-state index in [4.69, 9.17) is 4.74 Å². The average molecular weight is 356 g/mol. The van der Waals surface area contributed by atoms with Gasteiger partial charge in [0, 0.05) is 23.2 Å². The summed E-state index contributed by atoms with van der Waals surface area (Å²) in [5, 5.41) is 3.63. The quantitative estimate of drug-likeness (QED) is 0.641. The highest BCUT2D eigenvalue weighted by molar-refractivity contribution is 9.10. The van der Waals surface area contributed by atoms with Crippen LogP contribution in [0, 0.1) is 5.92 Å². The maximum Gasteiger partial charge on any atom is 0.0469 e. The van der Waals surface area contributed by atoms with E-state index in [1.807, 2.05) is 0 Å². The first-order valence-electron chi connectivity index (χ1n) is 7.98. The summed E-state index contributed by atoms with van der Waals surface area (Å²) in [4.78, 5) is 0. The zero-order chi connectivity index (χ0) is 15.7. The number of halogens is 1. The Bertz CT molecular complexity index is 400. The molecule has 0 radical (unpaired) electrons. The van der Waals surface area contributed by atoms with Gasteiger partial charge < -0.3 is 10.1 Å². The molecular weight excluding hydrogens is 326 g/mol. The summed E-state index contributed by atoms with van der Waals surface area (Å²) in [7, 11) is 0. The fraction of sp³-hybridized carbons (Fsp3) is 0.667. The van der Waals surface area contributed by atoms with Crippen molar-refractivity contribution in [1.82, 2.24) is 5.32 Å². The Morgan fingerprint density at radius 3 is 2.52 bits per heavy atom. The predicted octanol–water partition coefficient (Wildman–Crippen LogP) is 4.81. The van der Waals surface area contributed by atoms with E-state index in [1.165, 1.54) is 10.0 Å². The first-order chi connectivity index (χ1) is 9.92. The maximum absolute atomic E-state index is 5.67. The van der Waals surface area contributed by atoms with Crippen LogP contribution in [0.2, 0.25) is 0 Å². The first-order valence-corrected chi connectivity index (χ1v) is 8.78. The van der Waals surface area contributed by atoms with Crippen molar-refractivity contribution in [3.8, 4) is 0 Å². The topological polar surface area (TPSA) is 21.3 Å². The minimum absolute atomic E-state index is 0.163. The summed E-state index contributed by atoms with van der Waals surface area (Å²) >= 11 is 3.66. The summed E-state index contributed by atoms with van der Waals surface area (Å²) in [5.41, 5.74) is 1.55. The van der Waals surface area contributed by atoms with Crippen molar-refractivity contribution in [2.75, 3.05) is 19.8 Å². The van der Waals surface area contributed by atoms with Crippen LogP contribution in [0.25, 0.3) is 0 Å². The molecule has 1 unspecified atom stereocenters. The second-order valence-electron chi connectivity index (χ2n) is 6.69. The summed E-state index contributed by atoms with van der Waals surface area (Å²) in [6.07, 6.45) is 3.28. The number of rotatable bonds is 9. The van der Waals surface area contributed by atoms with E-state index >= 15 is 0 Å². The van der Waals surface area contributed by atoms with Crippen LogP contribution in [-0.4, -0.2) is 25.3 Å². The fourth-order valence-corrected chi connectivity index (χ4v) is 2.64. The van der Waals surface area contributed by atoms with Gasteiger partial charge in [-0.05, 0) is 64.1 Å². The van der Waals surface area contributed by atoms with Gasteiger partial charge in [0.05, 0.1) is 0 Å². The van der Waals surface area contributed by atoms with E-state index in [2.05, 4.69) is 73.2 Å². The highest BCUT2D eigenvalue weighted by Crippen LogP contribution is 2.21. The molecule has 0 amide bonds. The number of benzene rings is 1. The minimum Gasteiger partial charge on any atom is -0.381 e. The molecule has 0 aromatic heterocycles. The highest BCUT2D eigenvalue weighted by atomic mass is 79.9. The van der Waals surface area contributed by atoms with Gasteiger partial charge in [0.2, 0.25) is 0 Å². The molecule has 0 aliphatic rings. The molecule has 0 saturated carbocycles. The van der Waals surface area contributed by atoms with Gasteiger partial charge in [-0.2, -0.15) is 0 Å². The van der Waals surface area contributed by atoms with E-state index in [0.717, 1.165) is 39.0 Å². The third kappa shape index (κ3) is 8.60. The van der Waals surface area contributed by atoms with Crippen molar-refractivity contribution < 1.29 is 4.74 Å². The molecule has 21 heavy (non-hydrogen) atoms. The lowest BCUT2D eigenvalue weighted by Crippen LogP contribution is -2.39. The lowest BCUT2D eigenvalue weighted by molar-refractivity contribution is 0.119. The van der Waals surface area contributed by atoms with Gasteiger partial charge in [-0.3, -0.25) is 0 Å². The van der Waals surface area contributed by atoms with E-state index in [0.29, 0.717) is 5.92 Å². The molecule has 0 fully saturated rings. The van der Waals surface area contributed by atoms with Gasteiger partial charge in [0.1, 0.15) is 0 Å². The fourth-order valence-electron chi connectivity index (χ4n) is 2.20. The van der Waals surface area contributed by atoms with E-state index in [1.54, 1.807) is 0 Å². The molecule has 1 aromatic rings. The van der Waals surface area contributed by atoms with Crippen LogP contribution in [0.5, 0.6) is 0 Å². The lowest BCUT2D eigenvalue weighted by atomic mass is 9.95. The van der Waals surface area contributed by atoms with E-state index in [9.17, 15) is 0 Å². The Balaban J connectivity index is 2.56. The smallest absolute Gasteiger partial charge is 0.0469 e. The Morgan fingerprint density at radius 2 is 1.90 bits per heavy atom. The average Bonchev–Trinajstić information content (AvgIpc) is 2.42. The summed E-state index contributed by atoms with van der Waals surface area (Å²) in [6.45, 7) is 11.6. The largest absolute Gasteiger partial charge is 0.381 e. The second-order valence-corrected chi connectivity index (χ2v) is 7.55. The van der Waals surface area contributed by atoms with Gasteiger partial charge >= 0.3 is 0 Å². The second kappa shape index (κ2) is 9.60. The van der Waals surface area contributed by atoms with Gasteiger partial charge in [-0.15, -0.1) is 0 Å². The van der Waals surface area contributed by atoms with Crippen molar-refractivity contribution in [1.29, 1.82) is 0 Å². The van der Waals surface area contributed by atoms with Crippen molar-refractivity contribution >= 4 is 15.9 Å². The Kier molecular flexibility index (Phi) is 8.53. The molecule has 1 rings (SSSR count). The Morgan fingerprint density at radius 1 is 1.19 bits per heavy atom. The van der Waals surface area contributed by atoms with E-state index in [-0.39, 0.29) is 5.54 Å². The van der Waals surface area contributed by atoms with Gasteiger partial charge in [0.25, 0.3) is 0 Å². The van der Waals surface area contributed by atoms with E-state index < -0.39 is 0 Å². The molecule has 0 saturated heterocycles. The molecule has 1 aromatic carbocycles. The van der Waals surface area contributed by atoms with Crippen LogP contribution in [0.3, 0.4) is 0 Å². The van der Waals surface area contributed by atoms with Crippen molar-refractivity contribution in [3.05, 3.63) is 34.3 Å². The zero-order valence-electron chi connectivity index (χ0n) is 13.9. The van der Waals surface area contributed by atoms with Crippen LogP contribution >= 0.6 is 15.9 Å². The van der Waals surface area contributed by atoms with Crippen LogP contribution in [-0.2, 0) is 11.2 Å². The predicted molar refractivity (Wildman–Crippen MR) is 94.8 cm³/mol. The van der Waals surface area contributed by atoms with Gasteiger partial charge in [-0.1, -0.05) is 41.1 Å². The standard InChI is InChI=1S/C18H30BrNO/c1-5-11-21-12-10-15(14-20-18(2,3)4)13-16-8-6-7-9-17(16)19/h6-9,15,20H,5,10-14H2,1-4H3. The lowest BCUT2D eigenvalue weighted by Gasteiger charge is -2.25. The highest BCUT2D eigenvalue weighted by Gasteiger charge is 2.15. The molecule has 1 atom stereocenters. The number of nitrogens with one attached hydrogen (secondary N) is 1. The molecule has 120 valence electrons. The zero-order valence-corrected chi connectivity index (χ0v) is 15.5. The Labute approximate surface area is 138 Å².